The van der Waals surface area contributed by atoms with Crippen LogP contribution >= 0.6 is 67.5 Å². The number of halogens is 5. The van der Waals surface area contributed by atoms with E-state index in [1.54, 1.807) is 12.1 Å². The first kappa shape index (κ1) is 42.1. The summed E-state index contributed by atoms with van der Waals surface area (Å²) in [7, 11) is 0. The van der Waals surface area contributed by atoms with E-state index in [4.69, 9.17) is 28.9 Å². The van der Waals surface area contributed by atoms with E-state index >= 15 is 0 Å². The monoisotopic (exact) mass is 687 g/mol. The van der Waals surface area contributed by atoms with Gasteiger partial charge in [-0.1, -0.05) is 109 Å². The first-order valence-electron chi connectivity index (χ1n) is 9.59. The van der Waals surface area contributed by atoms with Crippen LogP contribution in [0.1, 0.15) is 56.0 Å². The van der Waals surface area contributed by atoms with Gasteiger partial charge in [0.25, 0.3) is 0 Å². The summed E-state index contributed by atoms with van der Waals surface area (Å²) in [6, 6.07) is 24.0. The summed E-state index contributed by atoms with van der Waals surface area (Å²) in [4.78, 5) is 11.0. The largest absolute Gasteiger partial charge is 0.387 e. The molecule has 36 heavy (non-hydrogen) atoms. The van der Waals surface area contributed by atoms with Crippen LogP contribution in [0.15, 0.2) is 87.8 Å². The molecule has 0 unspecified atom stereocenters. The second kappa shape index (κ2) is 24.4. The van der Waals surface area contributed by atoms with Gasteiger partial charge in [0, 0.05) is 21.1 Å². The second-order valence-corrected chi connectivity index (χ2v) is 8.85. The number of carbonyl (C=O) groups is 1. The highest BCUT2D eigenvalue weighted by molar-refractivity contribution is 9.10. The van der Waals surface area contributed by atoms with Crippen LogP contribution in [-0.2, 0) is 0 Å². The average molecular weight is 691 g/mol. The molecule has 0 aliphatic heterocycles. The van der Waals surface area contributed by atoms with Gasteiger partial charge in [-0.05, 0) is 35.4 Å². The summed E-state index contributed by atoms with van der Waals surface area (Å²) in [6.45, 7) is 0.282. The summed E-state index contributed by atoms with van der Waals surface area (Å²) < 4.78 is 1.96. The zero-order chi connectivity index (χ0) is 23.9. The lowest BCUT2D eigenvalue weighted by Gasteiger charge is -2.05. The van der Waals surface area contributed by atoms with Crippen molar-refractivity contribution in [2.24, 2.45) is 5.73 Å². The van der Waals surface area contributed by atoms with Crippen LogP contribution in [0.4, 0.5) is 0 Å². The van der Waals surface area contributed by atoms with Crippen molar-refractivity contribution in [1.82, 2.24) is 0 Å². The molecule has 0 fully saturated rings. The van der Waals surface area contributed by atoms with Gasteiger partial charge < -0.3 is 15.9 Å². The lowest BCUT2D eigenvalue weighted by molar-refractivity contribution is 0.102. The summed E-state index contributed by atoms with van der Waals surface area (Å²) in [5.41, 5.74) is 7.64. The summed E-state index contributed by atoms with van der Waals surface area (Å²) >= 11 is 17.4. The molecule has 0 radical (unpaired) electrons. The molecule has 4 nitrogen and oxygen atoms in total. The van der Waals surface area contributed by atoms with Crippen LogP contribution in [0.5, 0.6) is 0 Å². The number of aliphatic hydroxyl groups excluding tert-OH is 2. The molecule has 0 aliphatic rings. The third kappa shape index (κ3) is 16.7. The Morgan fingerprint density at radius 2 is 1.17 bits per heavy atom. The van der Waals surface area contributed by atoms with Crippen LogP contribution in [0.3, 0.4) is 0 Å². The Hall–Kier alpha value is -0.960. The zero-order valence-corrected chi connectivity index (χ0v) is 23.1. The van der Waals surface area contributed by atoms with Crippen LogP contribution in [0, 0.1) is 0 Å². The fourth-order valence-electron chi connectivity index (χ4n) is 2.30. The Morgan fingerprint density at radius 3 is 1.56 bits per heavy atom. The van der Waals surface area contributed by atoms with Crippen molar-refractivity contribution < 1.29 is 15.0 Å². The third-order valence-corrected chi connectivity index (χ3v) is 5.69. The van der Waals surface area contributed by atoms with Gasteiger partial charge in [-0.3, -0.25) is 4.79 Å². The quantitative estimate of drug-likeness (QED) is 0.179. The number of Topliss-reactive ketones (excluding diaryl/α,β-unsaturated/α-hetero) is 1. The zero-order valence-electron chi connectivity index (χ0n) is 17.6. The van der Waals surface area contributed by atoms with Gasteiger partial charge >= 0.3 is 0 Å². The van der Waals surface area contributed by atoms with Gasteiger partial charge in [-0.15, -0.1) is 35.6 Å². The maximum atomic E-state index is 11.0. The van der Waals surface area contributed by atoms with Crippen molar-refractivity contribution >= 4 is 73.3 Å². The Kier molecular flexibility index (Phi) is 28.5. The summed E-state index contributed by atoms with van der Waals surface area (Å²) in [5.74, 6) is 0.239. The van der Waals surface area contributed by atoms with E-state index in [-0.39, 0.29) is 58.8 Å². The molecular formula is C27H38Br2Cl3NO3. The fourth-order valence-corrected chi connectivity index (χ4v) is 3.16. The van der Waals surface area contributed by atoms with Crippen molar-refractivity contribution in [2.75, 3.05) is 18.3 Å². The molecule has 0 saturated carbocycles. The van der Waals surface area contributed by atoms with E-state index < -0.39 is 12.2 Å². The Morgan fingerprint density at radius 1 is 0.750 bits per heavy atom. The molecular weight excluding hydrogens is 652 g/mol. The SMILES string of the molecule is C.C.C.Cl.NC[C@@H](O)c1ccccc1.O=C(CCl)c1ccc(Br)cc1.O[C@H](CCl)c1ccc(Br)cc1. The van der Waals surface area contributed by atoms with Gasteiger partial charge in [0.1, 0.15) is 0 Å². The molecule has 3 aromatic rings. The molecule has 4 N–H and O–H groups in total. The maximum Gasteiger partial charge on any atom is 0.177 e. The lowest BCUT2D eigenvalue weighted by atomic mass is 10.1. The second-order valence-electron chi connectivity index (χ2n) is 6.45. The highest BCUT2D eigenvalue weighted by Gasteiger charge is 2.04. The predicted octanol–water partition coefficient (Wildman–Crippen LogP) is 8.60. The van der Waals surface area contributed by atoms with E-state index in [9.17, 15) is 15.0 Å². The highest BCUT2D eigenvalue weighted by atomic mass is 79.9. The Bertz CT molecular complexity index is 916. The molecule has 3 aromatic carbocycles. The van der Waals surface area contributed by atoms with E-state index in [0.29, 0.717) is 5.56 Å². The average Bonchev–Trinajstić information content (AvgIpc) is 2.84. The number of nitrogens with two attached hydrogens (primary N) is 1. The van der Waals surface area contributed by atoms with Crippen molar-refractivity contribution in [2.45, 2.75) is 34.5 Å². The van der Waals surface area contributed by atoms with Crippen LogP contribution < -0.4 is 5.73 Å². The maximum absolute atomic E-state index is 11.0. The minimum atomic E-state index is -0.551. The molecule has 9 heteroatoms. The fraction of sp³-hybridized carbons (Fsp3) is 0.296. The van der Waals surface area contributed by atoms with Gasteiger partial charge in [-0.2, -0.15) is 0 Å². The topological polar surface area (TPSA) is 83.5 Å². The predicted molar refractivity (Wildman–Crippen MR) is 167 cm³/mol. The van der Waals surface area contributed by atoms with E-state index in [1.165, 1.54) is 0 Å². The molecule has 0 heterocycles. The van der Waals surface area contributed by atoms with Crippen molar-refractivity contribution in [3.63, 3.8) is 0 Å². The van der Waals surface area contributed by atoms with E-state index in [2.05, 4.69) is 31.9 Å². The molecule has 0 aromatic heterocycles. The minimum absolute atomic E-state index is 0. The molecule has 2 atom stereocenters. The summed E-state index contributed by atoms with van der Waals surface area (Å²) in [5, 5.41) is 18.5. The van der Waals surface area contributed by atoms with Crippen LogP contribution in [-0.4, -0.2) is 34.3 Å². The number of alkyl halides is 2. The minimum Gasteiger partial charge on any atom is -0.387 e. The first-order chi connectivity index (χ1) is 15.3. The van der Waals surface area contributed by atoms with Crippen molar-refractivity contribution in [3.05, 3.63) is 104 Å². The molecule has 0 spiro atoms. The van der Waals surface area contributed by atoms with Gasteiger partial charge in [0.05, 0.1) is 24.0 Å². The van der Waals surface area contributed by atoms with E-state index in [0.717, 1.165) is 20.1 Å². The molecule has 0 bridgehead atoms. The standard InChI is InChI=1S/C8H8BrClO.C8H6BrClO.C8H11NO.3CH4.ClH/c2*9-7-3-1-6(2-4-7)8(11)5-10;9-6-8(10)7-4-2-1-3-5-7;;;;/h1-4,8,11H,5H2;1-4H,5H2;1-5,8,10H,6,9H2;3*1H4;1H/t8-;;8-;;;;/m1.1..../s1. The number of hydrogen-bond acceptors (Lipinski definition) is 4. The summed E-state index contributed by atoms with van der Waals surface area (Å²) in [6.07, 6.45) is -1.06. The Balaban J connectivity index is -0.000000202. The number of hydrogen-bond donors (Lipinski definition) is 3. The number of carbonyl (C=O) groups excluding carboxylic acids is 1. The van der Waals surface area contributed by atoms with Gasteiger partial charge in [-0.25, -0.2) is 0 Å². The first-order valence-corrected chi connectivity index (χ1v) is 12.2. The third-order valence-electron chi connectivity index (χ3n) is 4.10. The van der Waals surface area contributed by atoms with Crippen molar-refractivity contribution in [3.8, 4) is 0 Å². The Labute approximate surface area is 249 Å². The molecule has 0 aliphatic carbocycles. The van der Waals surface area contributed by atoms with Crippen molar-refractivity contribution in [1.29, 1.82) is 0 Å². The lowest BCUT2D eigenvalue weighted by Crippen LogP contribution is -2.10. The van der Waals surface area contributed by atoms with Crippen LogP contribution in [0.2, 0.25) is 0 Å². The van der Waals surface area contributed by atoms with E-state index in [1.807, 2.05) is 66.7 Å². The number of rotatable bonds is 6. The number of ketones is 1. The smallest absolute Gasteiger partial charge is 0.177 e. The molecule has 0 saturated heterocycles. The molecule has 0 amide bonds. The number of aliphatic hydroxyl groups is 2. The number of benzene rings is 3. The normalized spacial score (nSPS) is 10.5. The highest BCUT2D eigenvalue weighted by Crippen LogP contribution is 2.17. The molecule has 3 rings (SSSR count). The molecule has 204 valence electrons. The van der Waals surface area contributed by atoms with Gasteiger partial charge in [0.15, 0.2) is 5.78 Å². The van der Waals surface area contributed by atoms with Gasteiger partial charge in [0.2, 0.25) is 0 Å². The van der Waals surface area contributed by atoms with Crippen LogP contribution in [0.25, 0.3) is 0 Å².